The molecule has 1 aromatic carbocycles. The van der Waals surface area contributed by atoms with Crippen LogP contribution in [0.15, 0.2) is 30.3 Å². The van der Waals surface area contributed by atoms with E-state index >= 15 is 0 Å². The van der Waals surface area contributed by atoms with E-state index in [-0.39, 0.29) is 24.2 Å². The maximum Gasteiger partial charge on any atom is 0.218 e. The van der Waals surface area contributed by atoms with Gasteiger partial charge in [-0.15, -0.1) is 12.4 Å². The summed E-state index contributed by atoms with van der Waals surface area (Å²) in [6.07, 6.45) is 3.75. The first-order chi connectivity index (χ1) is 9.13. The van der Waals surface area contributed by atoms with Gasteiger partial charge in [0.05, 0.1) is 5.75 Å². The highest BCUT2D eigenvalue weighted by Gasteiger charge is 2.31. The average Bonchev–Trinajstić information content (AvgIpc) is 2.40. The van der Waals surface area contributed by atoms with Crippen molar-refractivity contribution in [2.45, 2.75) is 37.5 Å². The van der Waals surface area contributed by atoms with Crippen LogP contribution >= 0.6 is 12.4 Å². The van der Waals surface area contributed by atoms with Gasteiger partial charge in [0.15, 0.2) is 0 Å². The molecule has 6 heteroatoms. The van der Waals surface area contributed by atoms with E-state index in [1.165, 1.54) is 0 Å². The smallest absolute Gasteiger partial charge is 0.218 e. The highest BCUT2D eigenvalue weighted by Crippen LogP contribution is 2.24. The molecule has 20 heavy (non-hydrogen) atoms. The van der Waals surface area contributed by atoms with Gasteiger partial charge in [-0.2, -0.15) is 4.31 Å². The normalized spacial score (nSPS) is 20.4. The molecule has 0 amide bonds. The fraction of sp³-hybridized carbons (Fsp3) is 0.571. The molecule has 4 nitrogen and oxygen atoms in total. The number of nitrogens with zero attached hydrogens (tertiary/aromatic N) is 1. The quantitative estimate of drug-likeness (QED) is 0.904. The maximum atomic E-state index is 12.5. The van der Waals surface area contributed by atoms with Gasteiger partial charge < -0.3 is 5.73 Å². The lowest BCUT2D eigenvalue weighted by atomic mass is 10.0. The Morgan fingerprint density at radius 2 is 1.90 bits per heavy atom. The zero-order chi connectivity index (χ0) is 13.7. The first-order valence-corrected chi connectivity index (χ1v) is 8.48. The van der Waals surface area contributed by atoms with Gasteiger partial charge in [0.2, 0.25) is 10.0 Å². The highest BCUT2D eigenvalue weighted by atomic mass is 35.5. The molecule has 0 radical (unpaired) electrons. The minimum Gasteiger partial charge on any atom is -0.330 e. The van der Waals surface area contributed by atoms with Crippen LogP contribution in [-0.4, -0.2) is 31.9 Å². The Balaban J connectivity index is 0.00000200. The van der Waals surface area contributed by atoms with Crippen LogP contribution in [0.4, 0.5) is 0 Å². The second-order valence-corrected chi connectivity index (χ2v) is 7.00. The summed E-state index contributed by atoms with van der Waals surface area (Å²) in [4.78, 5) is 0. The third-order valence-electron chi connectivity index (χ3n) is 3.62. The standard InChI is InChI=1S/C14H22N2O2S.ClH/c15-10-9-14-8-4-5-11-16(14)19(17,18)12-13-6-2-1-3-7-13;/h1-3,6-7,14H,4-5,8-12,15H2;1H. The molecule has 1 saturated heterocycles. The second-order valence-electron chi connectivity index (χ2n) is 5.08. The summed E-state index contributed by atoms with van der Waals surface area (Å²) in [5.41, 5.74) is 6.44. The molecule has 0 aromatic heterocycles. The van der Waals surface area contributed by atoms with Crippen molar-refractivity contribution in [1.29, 1.82) is 0 Å². The minimum atomic E-state index is -3.23. The lowest BCUT2D eigenvalue weighted by Crippen LogP contribution is -2.45. The Kier molecular flexibility index (Phi) is 6.95. The number of rotatable bonds is 5. The molecule has 2 N–H and O–H groups in total. The minimum absolute atomic E-state index is 0. The van der Waals surface area contributed by atoms with Crippen LogP contribution in [0.25, 0.3) is 0 Å². The molecule has 0 bridgehead atoms. The average molecular weight is 319 g/mol. The van der Waals surface area contributed by atoms with E-state index in [2.05, 4.69) is 0 Å². The van der Waals surface area contributed by atoms with Gasteiger partial charge in [-0.05, 0) is 31.4 Å². The van der Waals surface area contributed by atoms with Gasteiger partial charge in [-0.3, -0.25) is 0 Å². The summed E-state index contributed by atoms with van der Waals surface area (Å²) < 4.78 is 26.7. The summed E-state index contributed by atoms with van der Waals surface area (Å²) in [5.74, 6) is 0.0922. The molecular formula is C14H23ClN2O2S. The van der Waals surface area contributed by atoms with E-state index in [0.717, 1.165) is 31.2 Å². The van der Waals surface area contributed by atoms with Gasteiger partial charge in [0.1, 0.15) is 0 Å². The van der Waals surface area contributed by atoms with Crippen LogP contribution in [-0.2, 0) is 15.8 Å². The number of hydrogen-bond donors (Lipinski definition) is 1. The van der Waals surface area contributed by atoms with E-state index in [1.807, 2.05) is 30.3 Å². The molecule has 1 fully saturated rings. The number of hydrogen-bond acceptors (Lipinski definition) is 3. The molecule has 1 heterocycles. The Hall–Kier alpha value is -0.620. The molecular weight excluding hydrogens is 296 g/mol. The van der Waals surface area contributed by atoms with Crippen molar-refractivity contribution in [3.8, 4) is 0 Å². The molecule has 0 spiro atoms. The van der Waals surface area contributed by atoms with E-state index < -0.39 is 10.0 Å². The zero-order valence-corrected chi connectivity index (χ0v) is 13.2. The van der Waals surface area contributed by atoms with E-state index in [4.69, 9.17) is 5.73 Å². The summed E-state index contributed by atoms with van der Waals surface area (Å²) in [6.45, 7) is 1.18. The van der Waals surface area contributed by atoms with Crippen molar-refractivity contribution in [3.05, 3.63) is 35.9 Å². The third kappa shape index (κ3) is 4.45. The Bertz CT molecular complexity index is 491. The number of sulfonamides is 1. The van der Waals surface area contributed by atoms with Crippen molar-refractivity contribution >= 4 is 22.4 Å². The van der Waals surface area contributed by atoms with Gasteiger partial charge in [0.25, 0.3) is 0 Å². The van der Waals surface area contributed by atoms with Crippen LogP contribution in [0.3, 0.4) is 0 Å². The van der Waals surface area contributed by atoms with E-state index in [1.54, 1.807) is 4.31 Å². The van der Waals surface area contributed by atoms with Gasteiger partial charge in [-0.25, -0.2) is 8.42 Å². The molecule has 0 aliphatic carbocycles. The Morgan fingerprint density at radius 1 is 1.20 bits per heavy atom. The van der Waals surface area contributed by atoms with Crippen molar-refractivity contribution in [3.63, 3.8) is 0 Å². The molecule has 114 valence electrons. The van der Waals surface area contributed by atoms with Crippen molar-refractivity contribution < 1.29 is 8.42 Å². The Morgan fingerprint density at radius 3 is 2.55 bits per heavy atom. The topological polar surface area (TPSA) is 63.4 Å². The summed E-state index contributed by atoms with van der Waals surface area (Å²) in [7, 11) is -3.23. The molecule has 1 aromatic rings. The first-order valence-electron chi connectivity index (χ1n) is 6.87. The van der Waals surface area contributed by atoms with Gasteiger partial charge in [-0.1, -0.05) is 36.8 Å². The number of benzene rings is 1. The molecule has 1 unspecified atom stereocenters. The van der Waals surface area contributed by atoms with E-state index in [0.29, 0.717) is 13.1 Å². The maximum absolute atomic E-state index is 12.5. The fourth-order valence-electron chi connectivity index (χ4n) is 2.69. The number of nitrogens with two attached hydrogens (primary N) is 1. The predicted octanol–water partition coefficient (Wildman–Crippen LogP) is 2.14. The molecule has 0 saturated carbocycles. The SMILES string of the molecule is Cl.NCCC1CCCCN1S(=O)(=O)Cc1ccccc1. The summed E-state index contributed by atoms with van der Waals surface area (Å²) >= 11 is 0. The first kappa shape index (κ1) is 17.4. The summed E-state index contributed by atoms with van der Waals surface area (Å²) in [6, 6.07) is 9.46. The van der Waals surface area contributed by atoms with Crippen LogP contribution in [0.2, 0.25) is 0 Å². The predicted molar refractivity (Wildman–Crippen MR) is 84.3 cm³/mol. The van der Waals surface area contributed by atoms with Crippen molar-refractivity contribution in [2.24, 2.45) is 5.73 Å². The van der Waals surface area contributed by atoms with Crippen LogP contribution in [0.1, 0.15) is 31.2 Å². The lowest BCUT2D eigenvalue weighted by Gasteiger charge is -2.34. The van der Waals surface area contributed by atoms with Crippen LogP contribution < -0.4 is 5.73 Å². The lowest BCUT2D eigenvalue weighted by molar-refractivity contribution is 0.243. The molecule has 2 rings (SSSR count). The number of halogens is 1. The highest BCUT2D eigenvalue weighted by molar-refractivity contribution is 7.88. The van der Waals surface area contributed by atoms with Crippen molar-refractivity contribution in [1.82, 2.24) is 4.31 Å². The largest absolute Gasteiger partial charge is 0.330 e. The fourth-order valence-corrected chi connectivity index (χ4v) is 4.54. The zero-order valence-electron chi connectivity index (χ0n) is 11.6. The second kappa shape index (κ2) is 7.98. The molecule has 1 atom stereocenters. The number of piperidine rings is 1. The van der Waals surface area contributed by atoms with Crippen molar-refractivity contribution in [2.75, 3.05) is 13.1 Å². The molecule has 1 aliphatic rings. The summed E-state index contributed by atoms with van der Waals surface area (Å²) in [5, 5.41) is 0. The molecule has 1 aliphatic heterocycles. The van der Waals surface area contributed by atoms with E-state index in [9.17, 15) is 8.42 Å². The van der Waals surface area contributed by atoms with Gasteiger partial charge in [0, 0.05) is 12.6 Å². The van der Waals surface area contributed by atoms with Gasteiger partial charge >= 0.3 is 0 Å². The van der Waals surface area contributed by atoms with Crippen LogP contribution in [0.5, 0.6) is 0 Å². The van der Waals surface area contributed by atoms with Crippen LogP contribution in [0, 0.1) is 0 Å². The monoisotopic (exact) mass is 318 g/mol. The third-order valence-corrected chi connectivity index (χ3v) is 5.52. The Labute approximate surface area is 127 Å².